The number of alkyl halides is 6. The Bertz CT molecular complexity index is 880. The lowest BCUT2D eigenvalue weighted by Gasteiger charge is -2.31. The Morgan fingerprint density at radius 2 is 1.57 bits per heavy atom. The summed E-state index contributed by atoms with van der Waals surface area (Å²) in [7, 11) is 4.36. The van der Waals surface area contributed by atoms with Crippen molar-refractivity contribution in [1.82, 2.24) is 14.8 Å². The van der Waals surface area contributed by atoms with E-state index < -0.39 is 24.3 Å². The number of aliphatic carboxylic acids is 2. The fraction of sp³-hybridized carbons (Fsp3) is 0.476. The van der Waals surface area contributed by atoms with Crippen molar-refractivity contribution in [3.63, 3.8) is 0 Å². The first-order chi connectivity index (χ1) is 16.1. The van der Waals surface area contributed by atoms with Crippen molar-refractivity contribution in [2.24, 2.45) is 0 Å². The number of carboxylic acid groups (broad SMARTS) is 2. The number of nitrogens with zero attached hydrogens (tertiary/aromatic N) is 3. The van der Waals surface area contributed by atoms with Crippen LogP contribution in [0.1, 0.15) is 17.7 Å². The molecule has 0 aromatic carbocycles. The van der Waals surface area contributed by atoms with Crippen LogP contribution < -0.4 is 0 Å². The number of rotatable bonds is 5. The van der Waals surface area contributed by atoms with Crippen LogP contribution in [0.4, 0.5) is 26.3 Å². The Labute approximate surface area is 196 Å². The Hall–Kier alpha value is -3.13. The van der Waals surface area contributed by atoms with Crippen LogP contribution in [0.2, 0.25) is 0 Å². The van der Waals surface area contributed by atoms with Crippen molar-refractivity contribution in [3.05, 3.63) is 54.2 Å². The fourth-order valence-electron chi connectivity index (χ4n) is 3.33. The highest BCUT2D eigenvalue weighted by Gasteiger charge is 2.39. The molecule has 8 nitrogen and oxygen atoms in total. The second kappa shape index (κ2) is 13.1. The molecule has 1 aliphatic heterocycles. The molecule has 0 saturated carbocycles. The summed E-state index contributed by atoms with van der Waals surface area (Å²) in [5.41, 5.74) is 1.35. The molecule has 3 heterocycles. The van der Waals surface area contributed by atoms with E-state index in [0.717, 1.165) is 25.3 Å². The molecule has 14 heteroatoms. The number of furan rings is 1. The minimum atomic E-state index is -5.08. The van der Waals surface area contributed by atoms with E-state index >= 15 is 0 Å². The van der Waals surface area contributed by atoms with E-state index in [2.05, 4.69) is 47.1 Å². The first-order valence-electron chi connectivity index (χ1n) is 10.0. The van der Waals surface area contributed by atoms with Crippen molar-refractivity contribution in [1.29, 1.82) is 0 Å². The highest BCUT2D eigenvalue weighted by atomic mass is 19.4. The highest BCUT2D eigenvalue weighted by molar-refractivity contribution is 5.73. The van der Waals surface area contributed by atoms with Crippen LogP contribution in [0.15, 0.2) is 47.3 Å². The van der Waals surface area contributed by atoms with Crippen molar-refractivity contribution < 1.29 is 50.6 Å². The number of likely N-dealkylation sites (tertiary alicyclic amines) is 1. The van der Waals surface area contributed by atoms with Crippen LogP contribution in [-0.4, -0.2) is 82.0 Å². The Morgan fingerprint density at radius 3 is 1.97 bits per heavy atom. The first-order valence-corrected chi connectivity index (χ1v) is 10.0. The van der Waals surface area contributed by atoms with E-state index in [0.29, 0.717) is 12.1 Å². The van der Waals surface area contributed by atoms with E-state index in [1.165, 1.54) is 12.0 Å². The summed E-state index contributed by atoms with van der Waals surface area (Å²) in [5, 5.41) is 14.2. The largest absolute Gasteiger partial charge is 0.490 e. The van der Waals surface area contributed by atoms with Crippen molar-refractivity contribution in [2.45, 2.75) is 43.8 Å². The molecule has 1 aliphatic rings. The zero-order chi connectivity index (χ0) is 26.8. The lowest BCUT2D eigenvalue weighted by molar-refractivity contribution is -0.193. The number of carboxylic acids is 2. The molecule has 0 radical (unpaired) electrons. The molecule has 0 bridgehead atoms. The molecule has 0 aliphatic carbocycles. The summed E-state index contributed by atoms with van der Waals surface area (Å²) in [4.78, 5) is 26.8. The molecular weight excluding hydrogens is 488 g/mol. The van der Waals surface area contributed by atoms with E-state index in [4.69, 9.17) is 24.2 Å². The van der Waals surface area contributed by atoms with Gasteiger partial charge in [0, 0.05) is 31.0 Å². The topological polar surface area (TPSA) is 107 Å². The minimum absolute atomic E-state index is 0.521. The maximum absolute atomic E-state index is 10.6. The van der Waals surface area contributed by atoms with Crippen molar-refractivity contribution in [2.75, 3.05) is 20.6 Å². The van der Waals surface area contributed by atoms with Gasteiger partial charge in [-0.3, -0.25) is 9.88 Å². The number of halogens is 6. The third-order valence-electron chi connectivity index (χ3n) is 4.91. The molecule has 1 saturated heterocycles. The second-order valence-corrected chi connectivity index (χ2v) is 7.60. The Morgan fingerprint density at radius 1 is 1.06 bits per heavy atom. The third-order valence-corrected chi connectivity index (χ3v) is 4.91. The van der Waals surface area contributed by atoms with E-state index in [1.807, 2.05) is 18.5 Å². The van der Waals surface area contributed by atoms with Crippen molar-refractivity contribution in [3.8, 4) is 0 Å². The zero-order valence-electron chi connectivity index (χ0n) is 18.8. The summed E-state index contributed by atoms with van der Waals surface area (Å²) in [6.45, 7) is 2.02. The van der Waals surface area contributed by atoms with Gasteiger partial charge in [0.25, 0.3) is 0 Å². The standard InChI is InChI=1S/C17H23N3O.2C2HF3O2/c1-19(2)16-7-10-20(13-15-4-3-11-21-15)17(16)12-14-5-8-18-9-6-14;2*3-2(4,5)1(6)7/h3-6,8-9,11,16-17H,7,10,12-13H2,1-2H3;2*(H,6,7)/t16-,17+;;/m1../s1. The minimum Gasteiger partial charge on any atom is -0.475 e. The van der Waals surface area contributed by atoms with Gasteiger partial charge in [0.15, 0.2) is 0 Å². The highest BCUT2D eigenvalue weighted by Crippen LogP contribution is 2.26. The summed E-state index contributed by atoms with van der Waals surface area (Å²) >= 11 is 0. The Balaban J connectivity index is 0.000000362. The predicted octanol–water partition coefficient (Wildman–Crippen LogP) is 3.69. The fourth-order valence-corrected chi connectivity index (χ4v) is 3.33. The lowest BCUT2D eigenvalue weighted by atomic mass is 10.00. The van der Waals surface area contributed by atoms with Gasteiger partial charge < -0.3 is 19.5 Å². The smallest absolute Gasteiger partial charge is 0.475 e. The normalized spacial score (nSPS) is 18.3. The molecule has 3 rings (SSSR count). The molecule has 2 atom stereocenters. The van der Waals surface area contributed by atoms with Gasteiger partial charge in [-0.15, -0.1) is 0 Å². The molecule has 2 aromatic rings. The molecule has 2 aromatic heterocycles. The van der Waals surface area contributed by atoms with Gasteiger partial charge in [0.05, 0.1) is 12.8 Å². The number of hydrogen-bond donors (Lipinski definition) is 2. The molecule has 0 amide bonds. The van der Waals surface area contributed by atoms with Crippen LogP contribution in [0, 0.1) is 0 Å². The van der Waals surface area contributed by atoms with E-state index in [1.54, 1.807) is 6.26 Å². The van der Waals surface area contributed by atoms with Crippen LogP contribution >= 0.6 is 0 Å². The second-order valence-electron chi connectivity index (χ2n) is 7.60. The third kappa shape index (κ3) is 10.8. The summed E-state index contributed by atoms with van der Waals surface area (Å²) in [5.74, 6) is -4.46. The number of carbonyl (C=O) groups is 2. The summed E-state index contributed by atoms with van der Waals surface area (Å²) in [6, 6.07) is 9.38. The number of likely N-dealkylation sites (N-methyl/N-ethyl adjacent to an activating group) is 1. The molecule has 35 heavy (non-hydrogen) atoms. The number of pyridine rings is 1. The van der Waals surface area contributed by atoms with Gasteiger partial charge in [0.2, 0.25) is 0 Å². The van der Waals surface area contributed by atoms with Crippen LogP contribution in [0.25, 0.3) is 0 Å². The zero-order valence-corrected chi connectivity index (χ0v) is 18.8. The van der Waals surface area contributed by atoms with Crippen molar-refractivity contribution >= 4 is 11.9 Å². The quantitative estimate of drug-likeness (QED) is 0.584. The van der Waals surface area contributed by atoms with Gasteiger partial charge in [-0.05, 0) is 56.8 Å². The molecular formula is C21H25F6N3O5. The van der Waals surface area contributed by atoms with Crippen LogP contribution in [-0.2, 0) is 22.6 Å². The molecule has 2 N–H and O–H groups in total. The van der Waals surface area contributed by atoms with E-state index in [9.17, 15) is 26.3 Å². The van der Waals surface area contributed by atoms with Gasteiger partial charge in [-0.2, -0.15) is 26.3 Å². The van der Waals surface area contributed by atoms with E-state index in [-0.39, 0.29) is 0 Å². The van der Waals surface area contributed by atoms with Gasteiger partial charge in [-0.1, -0.05) is 0 Å². The molecule has 196 valence electrons. The average molecular weight is 513 g/mol. The van der Waals surface area contributed by atoms with Gasteiger partial charge in [0.1, 0.15) is 5.76 Å². The van der Waals surface area contributed by atoms with Crippen LogP contribution in [0.3, 0.4) is 0 Å². The van der Waals surface area contributed by atoms with Gasteiger partial charge >= 0.3 is 24.3 Å². The Kier molecular flexibility index (Phi) is 11.2. The molecule has 0 spiro atoms. The van der Waals surface area contributed by atoms with Gasteiger partial charge in [-0.25, -0.2) is 9.59 Å². The maximum Gasteiger partial charge on any atom is 0.490 e. The SMILES string of the molecule is CN(C)[C@@H]1CCN(Cc2ccco2)[C@H]1Cc1ccncc1.O=C(O)C(F)(F)F.O=C(O)C(F)(F)F. The summed E-state index contributed by atoms with van der Waals surface area (Å²) in [6.07, 6.45) is -2.38. The molecule has 1 fully saturated rings. The monoisotopic (exact) mass is 513 g/mol. The first kappa shape index (κ1) is 29.9. The average Bonchev–Trinajstić information content (AvgIpc) is 3.39. The van der Waals surface area contributed by atoms with Crippen LogP contribution in [0.5, 0.6) is 0 Å². The summed E-state index contributed by atoms with van der Waals surface area (Å²) < 4.78 is 69.0. The predicted molar refractivity (Wildman–Crippen MR) is 110 cm³/mol. The number of aromatic nitrogens is 1. The maximum atomic E-state index is 10.6. The number of hydrogen-bond acceptors (Lipinski definition) is 6. The lowest BCUT2D eigenvalue weighted by Crippen LogP contribution is -2.43. The molecule has 0 unspecified atom stereocenters.